The minimum atomic E-state index is -0.583. The normalized spacial score (nSPS) is 12.4. The summed E-state index contributed by atoms with van der Waals surface area (Å²) >= 11 is 5.87. The second kappa shape index (κ2) is 7.01. The number of para-hydroxylation sites is 1. The SMILES string of the molecule is CON=CCN(C(=O)C(C)Cl)c1ccccc1C. The molecular weight excluding hydrogens is 252 g/mol. The second-order valence-corrected chi connectivity index (χ2v) is 4.48. The van der Waals surface area contributed by atoms with Gasteiger partial charge in [-0.15, -0.1) is 11.6 Å². The highest BCUT2D eigenvalue weighted by Crippen LogP contribution is 2.20. The number of anilines is 1. The molecule has 0 heterocycles. The number of alkyl halides is 1. The molecule has 0 N–H and O–H groups in total. The van der Waals surface area contributed by atoms with Gasteiger partial charge in [-0.25, -0.2) is 0 Å². The van der Waals surface area contributed by atoms with E-state index in [0.29, 0.717) is 6.54 Å². The second-order valence-electron chi connectivity index (χ2n) is 3.82. The van der Waals surface area contributed by atoms with Crippen molar-refractivity contribution in [2.24, 2.45) is 5.16 Å². The van der Waals surface area contributed by atoms with Crippen molar-refractivity contribution in [2.75, 3.05) is 18.6 Å². The zero-order valence-electron chi connectivity index (χ0n) is 10.8. The molecule has 0 aromatic heterocycles. The average molecular weight is 269 g/mol. The third kappa shape index (κ3) is 3.74. The van der Waals surface area contributed by atoms with E-state index in [1.54, 1.807) is 11.8 Å². The Hall–Kier alpha value is -1.55. The summed E-state index contributed by atoms with van der Waals surface area (Å²) in [4.78, 5) is 18.3. The van der Waals surface area contributed by atoms with Gasteiger partial charge >= 0.3 is 0 Å². The van der Waals surface area contributed by atoms with E-state index in [1.807, 2.05) is 31.2 Å². The van der Waals surface area contributed by atoms with Crippen molar-refractivity contribution in [3.8, 4) is 0 Å². The van der Waals surface area contributed by atoms with Gasteiger partial charge in [-0.2, -0.15) is 0 Å². The van der Waals surface area contributed by atoms with E-state index in [0.717, 1.165) is 11.3 Å². The summed E-state index contributed by atoms with van der Waals surface area (Å²) in [6, 6.07) is 7.64. The molecule has 4 nitrogen and oxygen atoms in total. The summed E-state index contributed by atoms with van der Waals surface area (Å²) in [7, 11) is 1.46. The zero-order valence-corrected chi connectivity index (χ0v) is 11.5. The fraction of sp³-hybridized carbons (Fsp3) is 0.385. The van der Waals surface area contributed by atoms with Gasteiger partial charge in [-0.1, -0.05) is 23.4 Å². The van der Waals surface area contributed by atoms with E-state index >= 15 is 0 Å². The molecular formula is C13H17ClN2O2. The van der Waals surface area contributed by atoms with Crippen LogP contribution in [0.25, 0.3) is 0 Å². The number of nitrogens with zero attached hydrogens (tertiary/aromatic N) is 2. The average Bonchev–Trinajstić information content (AvgIpc) is 2.35. The van der Waals surface area contributed by atoms with Crippen LogP contribution in [0.1, 0.15) is 12.5 Å². The predicted molar refractivity (Wildman–Crippen MR) is 74.3 cm³/mol. The summed E-state index contributed by atoms with van der Waals surface area (Å²) in [5.41, 5.74) is 1.84. The Morgan fingerprint density at radius 1 is 1.56 bits per heavy atom. The van der Waals surface area contributed by atoms with Crippen LogP contribution in [0.4, 0.5) is 5.69 Å². The Labute approximate surface area is 112 Å². The molecule has 1 rings (SSSR count). The van der Waals surface area contributed by atoms with Gasteiger partial charge in [0.25, 0.3) is 0 Å². The molecule has 0 aliphatic carbocycles. The fourth-order valence-corrected chi connectivity index (χ4v) is 1.70. The number of halogens is 1. The Balaban J connectivity index is 3.01. The highest BCUT2D eigenvalue weighted by molar-refractivity contribution is 6.32. The van der Waals surface area contributed by atoms with Gasteiger partial charge < -0.3 is 9.74 Å². The first-order valence-corrected chi connectivity index (χ1v) is 6.07. The van der Waals surface area contributed by atoms with Crippen molar-refractivity contribution < 1.29 is 9.63 Å². The lowest BCUT2D eigenvalue weighted by atomic mass is 10.1. The van der Waals surface area contributed by atoms with Crippen LogP contribution in [0, 0.1) is 6.92 Å². The number of hydrogen-bond donors (Lipinski definition) is 0. The number of amides is 1. The number of rotatable bonds is 5. The Morgan fingerprint density at radius 3 is 2.78 bits per heavy atom. The molecule has 0 bridgehead atoms. The highest BCUT2D eigenvalue weighted by Gasteiger charge is 2.20. The molecule has 18 heavy (non-hydrogen) atoms. The number of benzene rings is 1. The minimum Gasteiger partial charge on any atom is -0.399 e. The molecule has 1 aromatic carbocycles. The molecule has 1 aromatic rings. The largest absolute Gasteiger partial charge is 0.399 e. The van der Waals surface area contributed by atoms with E-state index in [4.69, 9.17) is 11.6 Å². The van der Waals surface area contributed by atoms with E-state index in [2.05, 4.69) is 9.99 Å². The molecule has 0 saturated heterocycles. The molecule has 1 atom stereocenters. The van der Waals surface area contributed by atoms with Gasteiger partial charge in [0.1, 0.15) is 12.5 Å². The molecule has 0 radical (unpaired) electrons. The topological polar surface area (TPSA) is 41.9 Å². The van der Waals surface area contributed by atoms with Gasteiger partial charge in [0, 0.05) is 5.69 Å². The van der Waals surface area contributed by atoms with Crippen molar-refractivity contribution >= 4 is 29.4 Å². The van der Waals surface area contributed by atoms with Gasteiger partial charge in [0.15, 0.2) is 0 Å². The molecule has 98 valence electrons. The molecule has 0 fully saturated rings. The lowest BCUT2D eigenvalue weighted by Crippen LogP contribution is -2.37. The number of aryl methyl sites for hydroxylation is 1. The Morgan fingerprint density at radius 2 is 2.22 bits per heavy atom. The maximum Gasteiger partial charge on any atom is 0.245 e. The molecule has 0 saturated carbocycles. The quantitative estimate of drug-likeness (QED) is 0.468. The van der Waals surface area contributed by atoms with Crippen molar-refractivity contribution in [1.29, 1.82) is 0 Å². The number of oxime groups is 1. The third-order valence-corrected chi connectivity index (χ3v) is 2.64. The van der Waals surface area contributed by atoms with Crippen molar-refractivity contribution in [3.05, 3.63) is 29.8 Å². The number of hydrogen-bond acceptors (Lipinski definition) is 3. The highest BCUT2D eigenvalue weighted by atomic mass is 35.5. The fourth-order valence-electron chi connectivity index (χ4n) is 1.58. The van der Waals surface area contributed by atoms with E-state index in [1.165, 1.54) is 13.3 Å². The van der Waals surface area contributed by atoms with E-state index in [9.17, 15) is 4.79 Å². The summed E-state index contributed by atoms with van der Waals surface area (Å²) in [6.45, 7) is 3.93. The van der Waals surface area contributed by atoms with Crippen molar-refractivity contribution in [1.82, 2.24) is 0 Å². The maximum absolute atomic E-state index is 12.1. The Kier molecular flexibility index (Phi) is 5.65. The Bertz CT molecular complexity index is 433. The lowest BCUT2D eigenvalue weighted by Gasteiger charge is -2.23. The molecule has 1 amide bonds. The van der Waals surface area contributed by atoms with Crippen LogP contribution in [0.3, 0.4) is 0 Å². The first kappa shape index (κ1) is 14.5. The van der Waals surface area contributed by atoms with E-state index in [-0.39, 0.29) is 5.91 Å². The lowest BCUT2D eigenvalue weighted by molar-refractivity contribution is -0.117. The first-order valence-electron chi connectivity index (χ1n) is 5.64. The van der Waals surface area contributed by atoms with E-state index < -0.39 is 5.38 Å². The van der Waals surface area contributed by atoms with Crippen LogP contribution in [-0.2, 0) is 9.63 Å². The minimum absolute atomic E-state index is 0.159. The van der Waals surface area contributed by atoms with Gasteiger partial charge in [0.05, 0.1) is 12.8 Å². The summed E-state index contributed by atoms with van der Waals surface area (Å²) in [6.07, 6.45) is 1.53. The molecule has 0 aliphatic heterocycles. The summed E-state index contributed by atoms with van der Waals surface area (Å²) in [5, 5.41) is 3.06. The van der Waals surface area contributed by atoms with Gasteiger partial charge in [-0.3, -0.25) is 4.79 Å². The van der Waals surface area contributed by atoms with Crippen LogP contribution in [0.5, 0.6) is 0 Å². The number of carbonyl (C=O) groups is 1. The smallest absolute Gasteiger partial charge is 0.245 e. The molecule has 0 spiro atoms. The van der Waals surface area contributed by atoms with Crippen LogP contribution in [0.15, 0.2) is 29.4 Å². The van der Waals surface area contributed by atoms with Crippen LogP contribution >= 0.6 is 11.6 Å². The van der Waals surface area contributed by atoms with Crippen molar-refractivity contribution in [2.45, 2.75) is 19.2 Å². The third-order valence-electron chi connectivity index (χ3n) is 2.46. The van der Waals surface area contributed by atoms with Crippen LogP contribution < -0.4 is 4.90 Å². The zero-order chi connectivity index (χ0) is 13.5. The number of carbonyl (C=O) groups excluding carboxylic acids is 1. The van der Waals surface area contributed by atoms with Crippen LogP contribution in [-0.4, -0.2) is 31.2 Å². The van der Waals surface area contributed by atoms with Gasteiger partial charge in [0.2, 0.25) is 5.91 Å². The summed E-state index contributed by atoms with van der Waals surface area (Å²) in [5.74, 6) is -0.159. The predicted octanol–water partition coefficient (Wildman–Crippen LogP) is 2.59. The monoisotopic (exact) mass is 268 g/mol. The summed E-state index contributed by atoms with van der Waals surface area (Å²) < 4.78 is 0. The molecule has 0 aliphatic rings. The van der Waals surface area contributed by atoms with Crippen LogP contribution in [0.2, 0.25) is 0 Å². The van der Waals surface area contributed by atoms with Crippen molar-refractivity contribution in [3.63, 3.8) is 0 Å². The maximum atomic E-state index is 12.1. The first-order chi connectivity index (χ1) is 8.57. The molecule has 5 heteroatoms. The standard InChI is InChI=1S/C13H17ClN2O2/c1-10-6-4-5-7-12(10)16(9-8-15-18-3)13(17)11(2)14/h4-8,11H,9H2,1-3H3. The van der Waals surface area contributed by atoms with Gasteiger partial charge in [-0.05, 0) is 25.5 Å². The molecule has 1 unspecified atom stereocenters.